The van der Waals surface area contributed by atoms with Crippen LogP contribution in [-0.4, -0.2) is 24.4 Å². The Morgan fingerprint density at radius 3 is 2.72 bits per heavy atom. The van der Waals surface area contributed by atoms with Gasteiger partial charge >= 0.3 is 5.22 Å². The number of hydrogen-bond acceptors (Lipinski definition) is 5. The zero-order valence-corrected chi connectivity index (χ0v) is 10.7. The van der Waals surface area contributed by atoms with Gasteiger partial charge in [0.25, 0.3) is 6.08 Å². The second-order valence-corrected chi connectivity index (χ2v) is 5.65. The number of sulfone groups is 1. The van der Waals surface area contributed by atoms with Crippen LogP contribution < -0.4 is 0 Å². The summed E-state index contributed by atoms with van der Waals surface area (Å²) in [6.45, 7) is 1.98. The molecule has 0 N–H and O–H groups in total. The third kappa shape index (κ3) is 4.52. The van der Waals surface area contributed by atoms with Crippen molar-refractivity contribution in [2.45, 2.75) is 37.8 Å². The van der Waals surface area contributed by atoms with Crippen LogP contribution in [0.15, 0.2) is 21.8 Å². The number of aromatic nitrogens is 2. The van der Waals surface area contributed by atoms with Crippen LogP contribution in [0.2, 0.25) is 0 Å². The Labute approximate surface area is 104 Å². The van der Waals surface area contributed by atoms with Crippen LogP contribution in [0.25, 0.3) is 0 Å². The molecule has 0 unspecified atom stereocenters. The fraction of sp³-hybridized carbons (Fsp3) is 0.600. The average Bonchev–Trinajstić information content (AvgIpc) is 2.74. The van der Waals surface area contributed by atoms with Gasteiger partial charge in [-0.05, 0) is 18.9 Å². The molecule has 1 heterocycles. The van der Waals surface area contributed by atoms with Gasteiger partial charge in [0.05, 0.1) is 5.75 Å². The van der Waals surface area contributed by atoms with Gasteiger partial charge in [0, 0.05) is 6.42 Å². The number of rotatable bonds is 7. The lowest BCUT2D eigenvalue weighted by Crippen LogP contribution is -2.06. The van der Waals surface area contributed by atoms with Gasteiger partial charge in [-0.2, -0.15) is 8.78 Å². The molecule has 0 fully saturated rings. The predicted octanol–water partition coefficient (Wildman–Crippen LogP) is 2.36. The quantitative estimate of drug-likeness (QED) is 0.766. The Morgan fingerprint density at radius 1 is 1.39 bits per heavy atom. The van der Waals surface area contributed by atoms with Gasteiger partial charge in [-0.3, -0.25) is 0 Å². The zero-order valence-electron chi connectivity index (χ0n) is 9.90. The van der Waals surface area contributed by atoms with E-state index in [0.717, 1.165) is 12.8 Å². The minimum Gasteiger partial charge on any atom is -0.413 e. The van der Waals surface area contributed by atoms with E-state index in [1.165, 1.54) is 0 Å². The second kappa shape index (κ2) is 6.58. The molecule has 5 nitrogen and oxygen atoms in total. The van der Waals surface area contributed by atoms with Gasteiger partial charge in [0.2, 0.25) is 15.7 Å². The summed E-state index contributed by atoms with van der Waals surface area (Å²) in [7, 11) is -3.78. The lowest BCUT2D eigenvalue weighted by molar-refractivity contribution is 0.392. The molecule has 0 atom stereocenters. The van der Waals surface area contributed by atoms with Crippen LogP contribution >= 0.6 is 0 Å². The summed E-state index contributed by atoms with van der Waals surface area (Å²) >= 11 is 0. The van der Waals surface area contributed by atoms with E-state index in [0.29, 0.717) is 12.5 Å². The van der Waals surface area contributed by atoms with E-state index < -0.39 is 26.9 Å². The molecule has 0 bridgehead atoms. The van der Waals surface area contributed by atoms with Gasteiger partial charge in [-0.1, -0.05) is 18.4 Å². The van der Waals surface area contributed by atoms with Gasteiger partial charge < -0.3 is 4.42 Å². The fourth-order valence-electron chi connectivity index (χ4n) is 1.20. The molecule has 8 heteroatoms. The normalized spacial score (nSPS) is 11.5. The van der Waals surface area contributed by atoms with E-state index in [9.17, 15) is 17.2 Å². The monoisotopic (exact) mass is 280 g/mol. The van der Waals surface area contributed by atoms with E-state index in [1.807, 2.05) is 6.92 Å². The number of hydrogen-bond donors (Lipinski definition) is 0. The van der Waals surface area contributed by atoms with Crippen molar-refractivity contribution in [1.29, 1.82) is 0 Å². The number of nitrogens with zero attached hydrogens (tertiary/aromatic N) is 2. The van der Waals surface area contributed by atoms with Crippen molar-refractivity contribution in [3.63, 3.8) is 0 Å². The van der Waals surface area contributed by atoms with Crippen LogP contribution in [0.4, 0.5) is 8.78 Å². The molecule has 0 radical (unpaired) electrons. The largest absolute Gasteiger partial charge is 0.413 e. The highest BCUT2D eigenvalue weighted by atomic mass is 32.2. The molecule has 102 valence electrons. The molecule has 18 heavy (non-hydrogen) atoms. The van der Waals surface area contributed by atoms with E-state index in [2.05, 4.69) is 10.2 Å². The molecular formula is C10H14F2N2O3S. The molecule has 1 rings (SSSR count). The zero-order chi connectivity index (χ0) is 13.6. The molecule has 0 aliphatic heterocycles. The summed E-state index contributed by atoms with van der Waals surface area (Å²) in [5, 5.41) is 6.53. The maximum atomic E-state index is 11.8. The standard InChI is InChI=1S/C10H14F2N2O3S/c1-2-3-6-9-13-14-10(17-9)18(15,16)7-4-5-8(11)12/h5H,2-4,6-7H2,1H3. The van der Waals surface area contributed by atoms with Gasteiger partial charge in [0.1, 0.15) is 0 Å². The Kier molecular flexibility index (Phi) is 5.39. The molecule has 0 saturated heterocycles. The van der Waals surface area contributed by atoms with E-state index in [1.54, 1.807) is 0 Å². The van der Waals surface area contributed by atoms with E-state index in [4.69, 9.17) is 4.42 Å². The van der Waals surface area contributed by atoms with Crippen LogP contribution in [0.1, 0.15) is 32.1 Å². The van der Waals surface area contributed by atoms with Crippen molar-refractivity contribution < 1.29 is 21.6 Å². The summed E-state index contributed by atoms with van der Waals surface area (Å²) in [5.74, 6) is -0.220. The molecule has 1 aromatic rings. The van der Waals surface area contributed by atoms with Crippen molar-refractivity contribution in [2.75, 3.05) is 5.75 Å². The Morgan fingerprint density at radius 2 is 2.11 bits per heavy atom. The highest BCUT2D eigenvalue weighted by Crippen LogP contribution is 2.13. The summed E-state index contributed by atoms with van der Waals surface area (Å²) in [6, 6.07) is 0. The van der Waals surface area contributed by atoms with Crippen molar-refractivity contribution in [3.05, 3.63) is 18.0 Å². The van der Waals surface area contributed by atoms with E-state index >= 15 is 0 Å². The van der Waals surface area contributed by atoms with Gasteiger partial charge in [0.15, 0.2) is 0 Å². The van der Waals surface area contributed by atoms with E-state index in [-0.39, 0.29) is 12.3 Å². The van der Waals surface area contributed by atoms with Crippen LogP contribution in [0.3, 0.4) is 0 Å². The number of halogens is 2. The molecule has 1 aromatic heterocycles. The molecule has 0 amide bonds. The Hall–Kier alpha value is -1.31. The van der Waals surface area contributed by atoms with Crippen LogP contribution in [-0.2, 0) is 16.3 Å². The first kappa shape index (κ1) is 14.7. The Balaban J connectivity index is 2.67. The summed E-state index contributed by atoms with van der Waals surface area (Å²) in [6.07, 6.45) is 0.614. The first-order valence-corrected chi connectivity index (χ1v) is 7.17. The molecule has 0 aliphatic carbocycles. The lowest BCUT2D eigenvalue weighted by Gasteiger charge is -1.95. The van der Waals surface area contributed by atoms with Crippen molar-refractivity contribution >= 4 is 9.84 Å². The number of unbranched alkanes of at least 4 members (excludes halogenated alkanes) is 1. The maximum Gasteiger partial charge on any atom is 0.335 e. The highest BCUT2D eigenvalue weighted by Gasteiger charge is 2.21. The fourth-order valence-corrected chi connectivity index (χ4v) is 2.19. The summed E-state index contributed by atoms with van der Waals surface area (Å²) in [4.78, 5) is 0. The van der Waals surface area contributed by atoms with Crippen molar-refractivity contribution in [2.24, 2.45) is 0 Å². The molecule has 0 aromatic carbocycles. The smallest absolute Gasteiger partial charge is 0.335 e. The minimum atomic E-state index is -3.78. The molecule has 0 aliphatic rings. The third-order valence-electron chi connectivity index (χ3n) is 2.14. The van der Waals surface area contributed by atoms with Crippen LogP contribution in [0, 0.1) is 0 Å². The van der Waals surface area contributed by atoms with Crippen LogP contribution in [0.5, 0.6) is 0 Å². The van der Waals surface area contributed by atoms with Gasteiger partial charge in [-0.25, -0.2) is 8.42 Å². The Bertz CT molecular complexity index is 507. The minimum absolute atomic E-state index is 0.252. The number of aryl methyl sites for hydroxylation is 1. The first-order valence-electron chi connectivity index (χ1n) is 5.52. The second-order valence-electron chi connectivity index (χ2n) is 3.67. The summed E-state index contributed by atoms with van der Waals surface area (Å²) in [5.41, 5.74) is 0. The highest BCUT2D eigenvalue weighted by molar-refractivity contribution is 7.91. The molecule has 0 spiro atoms. The molecular weight excluding hydrogens is 266 g/mol. The number of allylic oxidation sites excluding steroid dienone is 1. The topological polar surface area (TPSA) is 73.1 Å². The van der Waals surface area contributed by atoms with Gasteiger partial charge in [-0.15, -0.1) is 5.10 Å². The van der Waals surface area contributed by atoms with Crippen molar-refractivity contribution in [3.8, 4) is 0 Å². The molecule has 0 saturated carbocycles. The maximum absolute atomic E-state index is 11.8. The first-order chi connectivity index (χ1) is 8.45. The average molecular weight is 280 g/mol. The SMILES string of the molecule is CCCCc1nnc(S(=O)(=O)CCC=C(F)F)o1. The summed E-state index contributed by atoms with van der Waals surface area (Å²) < 4.78 is 51.8. The predicted molar refractivity (Wildman–Crippen MR) is 59.9 cm³/mol. The van der Waals surface area contributed by atoms with Crippen molar-refractivity contribution in [1.82, 2.24) is 10.2 Å². The lowest BCUT2D eigenvalue weighted by atomic mass is 10.2. The third-order valence-corrected chi connectivity index (χ3v) is 3.61.